The van der Waals surface area contributed by atoms with E-state index in [0.717, 1.165) is 17.8 Å². The third-order valence-electron chi connectivity index (χ3n) is 2.76. The van der Waals surface area contributed by atoms with E-state index in [0.29, 0.717) is 5.65 Å². The maximum Gasteiger partial charge on any atom is 0.181 e. The number of aromatic nitrogens is 4. The molecule has 0 aliphatic rings. The molecule has 3 rings (SSSR count). The van der Waals surface area contributed by atoms with Gasteiger partial charge in [-0.15, -0.1) is 0 Å². The number of nitrogens with one attached hydrogen (secondary N) is 2. The minimum Gasteiger partial charge on any atom is -0.387 e. The highest BCUT2D eigenvalue weighted by Crippen LogP contribution is 2.10. The second-order valence-corrected chi connectivity index (χ2v) is 4.06. The standard InChI is InChI=1S/C14H13N5/c1-2-4-11(5-3-1)8-15-7-6-12-13-14(18-9-16-12)19-10-17-13/h1-7,9-10,15H,8H2,(H,16,17,18,19)/b7-6+. The quantitative estimate of drug-likeness (QED) is 0.745. The number of fused-ring (bicyclic) bond motifs is 1. The topological polar surface area (TPSA) is 66.5 Å². The Morgan fingerprint density at radius 2 is 2.00 bits per heavy atom. The summed E-state index contributed by atoms with van der Waals surface area (Å²) in [5.41, 5.74) is 3.59. The Kier molecular flexibility index (Phi) is 3.18. The molecule has 0 spiro atoms. The fourth-order valence-corrected chi connectivity index (χ4v) is 1.82. The van der Waals surface area contributed by atoms with E-state index in [4.69, 9.17) is 0 Å². The molecule has 2 N–H and O–H groups in total. The summed E-state index contributed by atoms with van der Waals surface area (Å²) >= 11 is 0. The maximum atomic E-state index is 4.21. The first kappa shape index (κ1) is 11.4. The van der Waals surface area contributed by atoms with Crippen LogP contribution in [0, 0.1) is 0 Å². The molecule has 5 nitrogen and oxygen atoms in total. The van der Waals surface area contributed by atoms with Gasteiger partial charge in [-0.3, -0.25) is 0 Å². The van der Waals surface area contributed by atoms with Gasteiger partial charge in [0, 0.05) is 6.54 Å². The molecule has 5 heteroatoms. The van der Waals surface area contributed by atoms with Crippen molar-refractivity contribution in [2.24, 2.45) is 0 Å². The zero-order valence-corrected chi connectivity index (χ0v) is 10.2. The van der Waals surface area contributed by atoms with Crippen molar-refractivity contribution >= 4 is 17.2 Å². The molecule has 0 atom stereocenters. The molecule has 0 bridgehead atoms. The van der Waals surface area contributed by atoms with Gasteiger partial charge in [0.25, 0.3) is 0 Å². The molecule has 2 aromatic heterocycles. The van der Waals surface area contributed by atoms with Crippen LogP contribution in [0.4, 0.5) is 0 Å². The number of imidazole rings is 1. The average Bonchev–Trinajstić information content (AvgIpc) is 2.94. The third kappa shape index (κ3) is 2.60. The SMILES string of the molecule is C(=C\c1ncnc2nc[nH]c12)/NCc1ccccc1. The second-order valence-electron chi connectivity index (χ2n) is 4.06. The van der Waals surface area contributed by atoms with Gasteiger partial charge in [-0.1, -0.05) is 30.3 Å². The summed E-state index contributed by atoms with van der Waals surface area (Å²) in [7, 11) is 0. The molecule has 0 aliphatic carbocycles. The average molecular weight is 251 g/mol. The van der Waals surface area contributed by atoms with Gasteiger partial charge in [-0.05, 0) is 17.8 Å². The molecule has 19 heavy (non-hydrogen) atoms. The van der Waals surface area contributed by atoms with E-state index in [-0.39, 0.29) is 0 Å². The minimum atomic E-state index is 0.678. The Morgan fingerprint density at radius 3 is 2.89 bits per heavy atom. The van der Waals surface area contributed by atoms with Gasteiger partial charge in [0.15, 0.2) is 5.65 Å². The summed E-state index contributed by atoms with van der Waals surface area (Å²) in [6.07, 6.45) is 6.93. The monoisotopic (exact) mass is 251 g/mol. The Labute approximate surface area is 110 Å². The van der Waals surface area contributed by atoms with Crippen LogP contribution in [-0.2, 0) is 6.54 Å². The number of hydrogen-bond acceptors (Lipinski definition) is 4. The van der Waals surface area contributed by atoms with E-state index in [1.807, 2.05) is 30.5 Å². The lowest BCUT2D eigenvalue weighted by Crippen LogP contribution is -2.03. The Hall–Kier alpha value is -2.69. The van der Waals surface area contributed by atoms with Crippen LogP contribution in [0.25, 0.3) is 17.2 Å². The number of aromatic amines is 1. The van der Waals surface area contributed by atoms with Crippen LogP contribution in [0.15, 0.2) is 49.2 Å². The lowest BCUT2D eigenvalue weighted by molar-refractivity contribution is 0.873. The molecule has 0 saturated heterocycles. The molecule has 2 heterocycles. The number of rotatable bonds is 4. The van der Waals surface area contributed by atoms with Gasteiger partial charge in [0.1, 0.15) is 11.8 Å². The fourth-order valence-electron chi connectivity index (χ4n) is 1.82. The van der Waals surface area contributed by atoms with Crippen LogP contribution in [0.3, 0.4) is 0 Å². The number of nitrogens with zero attached hydrogens (tertiary/aromatic N) is 3. The Balaban J connectivity index is 1.68. The van der Waals surface area contributed by atoms with Crippen molar-refractivity contribution in [3.8, 4) is 0 Å². The van der Waals surface area contributed by atoms with Crippen molar-refractivity contribution in [1.82, 2.24) is 25.3 Å². The zero-order chi connectivity index (χ0) is 12.9. The van der Waals surface area contributed by atoms with E-state index in [2.05, 4.69) is 37.4 Å². The normalized spacial score (nSPS) is 11.2. The number of benzene rings is 1. The van der Waals surface area contributed by atoms with Crippen LogP contribution in [0.1, 0.15) is 11.3 Å². The smallest absolute Gasteiger partial charge is 0.181 e. The molecule has 0 radical (unpaired) electrons. The van der Waals surface area contributed by atoms with E-state index < -0.39 is 0 Å². The summed E-state index contributed by atoms with van der Waals surface area (Å²) in [5.74, 6) is 0. The Bertz CT molecular complexity index is 687. The van der Waals surface area contributed by atoms with E-state index in [9.17, 15) is 0 Å². The number of H-pyrrole nitrogens is 1. The molecule has 0 aliphatic heterocycles. The molecule has 3 aromatic rings. The fraction of sp³-hybridized carbons (Fsp3) is 0.0714. The predicted octanol–water partition coefficient (Wildman–Crippen LogP) is 2.11. The second kappa shape index (κ2) is 5.30. The molecule has 0 fully saturated rings. The molecular weight excluding hydrogens is 238 g/mol. The van der Waals surface area contributed by atoms with Crippen LogP contribution in [-0.4, -0.2) is 19.9 Å². The van der Waals surface area contributed by atoms with Gasteiger partial charge in [0.2, 0.25) is 0 Å². The van der Waals surface area contributed by atoms with Crippen molar-refractivity contribution in [3.63, 3.8) is 0 Å². The molecule has 94 valence electrons. The predicted molar refractivity (Wildman–Crippen MR) is 74.0 cm³/mol. The van der Waals surface area contributed by atoms with Crippen LogP contribution in [0.2, 0.25) is 0 Å². The lowest BCUT2D eigenvalue weighted by Gasteiger charge is -2.00. The lowest BCUT2D eigenvalue weighted by atomic mass is 10.2. The van der Waals surface area contributed by atoms with Gasteiger partial charge in [-0.2, -0.15) is 0 Å². The highest BCUT2D eigenvalue weighted by Gasteiger charge is 2.01. The van der Waals surface area contributed by atoms with Crippen LogP contribution >= 0.6 is 0 Å². The first-order valence-corrected chi connectivity index (χ1v) is 6.01. The van der Waals surface area contributed by atoms with Gasteiger partial charge < -0.3 is 10.3 Å². The molecule has 0 saturated carbocycles. The summed E-state index contributed by atoms with van der Waals surface area (Å²) in [6.45, 7) is 0.786. The summed E-state index contributed by atoms with van der Waals surface area (Å²) in [4.78, 5) is 15.4. The molecule has 0 amide bonds. The Morgan fingerprint density at radius 1 is 1.11 bits per heavy atom. The van der Waals surface area contributed by atoms with Crippen molar-refractivity contribution in [3.05, 3.63) is 60.4 Å². The van der Waals surface area contributed by atoms with E-state index >= 15 is 0 Å². The maximum absolute atomic E-state index is 4.21. The largest absolute Gasteiger partial charge is 0.387 e. The third-order valence-corrected chi connectivity index (χ3v) is 2.76. The number of hydrogen-bond donors (Lipinski definition) is 2. The van der Waals surface area contributed by atoms with Crippen LogP contribution < -0.4 is 5.32 Å². The van der Waals surface area contributed by atoms with Crippen molar-refractivity contribution in [1.29, 1.82) is 0 Å². The van der Waals surface area contributed by atoms with Crippen LogP contribution in [0.5, 0.6) is 0 Å². The molecular formula is C14H13N5. The van der Waals surface area contributed by atoms with E-state index in [1.54, 1.807) is 6.33 Å². The summed E-state index contributed by atoms with van der Waals surface area (Å²) in [5, 5.41) is 3.23. The highest BCUT2D eigenvalue weighted by atomic mass is 15.0. The van der Waals surface area contributed by atoms with Crippen molar-refractivity contribution in [2.75, 3.05) is 0 Å². The van der Waals surface area contributed by atoms with E-state index in [1.165, 1.54) is 11.9 Å². The van der Waals surface area contributed by atoms with Gasteiger partial charge in [-0.25, -0.2) is 15.0 Å². The van der Waals surface area contributed by atoms with Gasteiger partial charge >= 0.3 is 0 Å². The van der Waals surface area contributed by atoms with Crippen molar-refractivity contribution < 1.29 is 0 Å². The molecule has 1 aromatic carbocycles. The summed E-state index contributed by atoms with van der Waals surface area (Å²) < 4.78 is 0. The highest BCUT2D eigenvalue weighted by molar-refractivity contribution is 5.78. The minimum absolute atomic E-state index is 0.678. The first-order valence-electron chi connectivity index (χ1n) is 6.01. The van der Waals surface area contributed by atoms with Gasteiger partial charge in [0.05, 0.1) is 12.0 Å². The first-order chi connectivity index (χ1) is 9.43. The molecule has 0 unspecified atom stereocenters. The summed E-state index contributed by atoms with van der Waals surface area (Å²) in [6, 6.07) is 10.2. The zero-order valence-electron chi connectivity index (χ0n) is 10.2. The van der Waals surface area contributed by atoms with Crippen molar-refractivity contribution in [2.45, 2.75) is 6.54 Å².